The van der Waals surface area contributed by atoms with Crippen LogP contribution in [-0.2, 0) is 4.79 Å². The van der Waals surface area contributed by atoms with E-state index >= 15 is 0 Å². The van der Waals surface area contributed by atoms with E-state index in [1.165, 1.54) is 0 Å². The van der Waals surface area contributed by atoms with Crippen molar-refractivity contribution in [1.82, 2.24) is 5.32 Å². The Balaban J connectivity index is 2.68. The van der Waals surface area contributed by atoms with Crippen molar-refractivity contribution in [1.29, 1.82) is 0 Å². The maximum atomic E-state index is 11.7. The highest BCUT2D eigenvalue weighted by atomic mass is 16.5. The SMILES string of the molecule is COc1ccccc1NC(C)C(O)C(=O)NC(C)C. The maximum absolute atomic E-state index is 11.7. The van der Waals surface area contributed by atoms with E-state index in [-0.39, 0.29) is 11.9 Å². The molecular formula is C14H22N2O3. The number of amides is 1. The summed E-state index contributed by atoms with van der Waals surface area (Å²) in [5.74, 6) is 0.288. The topological polar surface area (TPSA) is 70.6 Å². The fourth-order valence-corrected chi connectivity index (χ4v) is 1.69. The zero-order valence-corrected chi connectivity index (χ0v) is 11.8. The first-order chi connectivity index (χ1) is 8.95. The van der Waals surface area contributed by atoms with Gasteiger partial charge in [0.15, 0.2) is 6.10 Å². The predicted octanol–water partition coefficient (Wildman–Crippen LogP) is 1.38. The van der Waals surface area contributed by atoms with Crippen LogP contribution in [0.25, 0.3) is 0 Å². The van der Waals surface area contributed by atoms with Gasteiger partial charge in [0, 0.05) is 6.04 Å². The fourth-order valence-electron chi connectivity index (χ4n) is 1.69. The van der Waals surface area contributed by atoms with Crippen LogP contribution in [0.1, 0.15) is 20.8 Å². The summed E-state index contributed by atoms with van der Waals surface area (Å²) in [6.07, 6.45) is -1.12. The van der Waals surface area contributed by atoms with Gasteiger partial charge in [-0.15, -0.1) is 0 Å². The molecule has 2 unspecified atom stereocenters. The molecule has 0 aliphatic carbocycles. The lowest BCUT2D eigenvalue weighted by molar-refractivity contribution is -0.130. The first-order valence-electron chi connectivity index (χ1n) is 6.33. The number of aliphatic hydroxyl groups excluding tert-OH is 1. The van der Waals surface area contributed by atoms with E-state index in [4.69, 9.17) is 4.74 Å². The second kappa shape index (κ2) is 6.99. The summed E-state index contributed by atoms with van der Waals surface area (Å²) in [7, 11) is 1.58. The zero-order valence-electron chi connectivity index (χ0n) is 11.8. The Morgan fingerprint density at radius 1 is 1.26 bits per heavy atom. The van der Waals surface area contributed by atoms with Crippen molar-refractivity contribution in [2.24, 2.45) is 0 Å². The van der Waals surface area contributed by atoms with Crippen LogP contribution < -0.4 is 15.4 Å². The Kier molecular flexibility index (Phi) is 5.63. The van der Waals surface area contributed by atoms with Crippen molar-refractivity contribution in [2.75, 3.05) is 12.4 Å². The second-order valence-electron chi connectivity index (χ2n) is 4.74. The van der Waals surface area contributed by atoms with E-state index in [1.54, 1.807) is 14.0 Å². The molecule has 1 amide bonds. The molecule has 3 N–H and O–H groups in total. The van der Waals surface area contributed by atoms with E-state index in [1.807, 2.05) is 38.1 Å². The number of hydrogen-bond donors (Lipinski definition) is 3. The van der Waals surface area contributed by atoms with E-state index < -0.39 is 12.1 Å². The summed E-state index contributed by atoms with van der Waals surface area (Å²) in [5, 5.41) is 15.7. The van der Waals surface area contributed by atoms with Gasteiger partial charge in [-0.2, -0.15) is 0 Å². The molecule has 0 saturated carbocycles. The minimum absolute atomic E-state index is 0.000566. The highest BCUT2D eigenvalue weighted by Crippen LogP contribution is 2.24. The average Bonchev–Trinajstić information content (AvgIpc) is 2.37. The number of carbonyl (C=O) groups excluding carboxylic acids is 1. The molecule has 0 aliphatic heterocycles. The smallest absolute Gasteiger partial charge is 0.251 e. The molecule has 2 atom stereocenters. The average molecular weight is 266 g/mol. The molecule has 5 nitrogen and oxygen atoms in total. The minimum Gasteiger partial charge on any atom is -0.495 e. The van der Waals surface area contributed by atoms with Gasteiger partial charge in [0.25, 0.3) is 5.91 Å². The molecule has 0 bridgehead atoms. The molecule has 5 heteroatoms. The zero-order chi connectivity index (χ0) is 14.4. The highest BCUT2D eigenvalue weighted by molar-refractivity contribution is 5.82. The van der Waals surface area contributed by atoms with Crippen LogP contribution in [0.4, 0.5) is 5.69 Å². The van der Waals surface area contributed by atoms with Gasteiger partial charge in [0.05, 0.1) is 18.8 Å². The molecule has 1 rings (SSSR count). The number of ether oxygens (including phenoxy) is 1. The molecule has 0 fully saturated rings. The van der Waals surface area contributed by atoms with Gasteiger partial charge in [0.1, 0.15) is 5.75 Å². The number of para-hydroxylation sites is 2. The molecule has 1 aromatic rings. The van der Waals surface area contributed by atoms with Crippen molar-refractivity contribution in [3.8, 4) is 5.75 Å². The summed E-state index contributed by atoms with van der Waals surface area (Å²) >= 11 is 0. The second-order valence-corrected chi connectivity index (χ2v) is 4.74. The van der Waals surface area contributed by atoms with Gasteiger partial charge in [-0.3, -0.25) is 4.79 Å². The molecule has 0 radical (unpaired) electrons. The molecule has 1 aromatic carbocycles. The summed E-state index contributed by atoms with van der Waals surface area (Å²) in [6, 6.07) is 6.95. The van der Waals surface area contributed by atoms with Crippen LogP contribution in [0, 0.1) is 0 Å². The van der Waals surface area contributed by atoms with Gasteiger partial charge in [-0.05, 0) is 32.9 Å². The molecule has 0 saturated heterocycles. The number of anilines is 1. The number of rotatable bonds is 6. The van der Waals surface area contributed by atoms with Crippen molar-refractivity contribution in [2.45, 2.75) is 39.0 Å². The van der Waals surface area contributed by atoms with E-state index in [2.05, 4.69) is 10.6 Å². The Hall–Kier alpha value is -1.75. The van der Waals surface area contributed by atoms with Crippen molar-refractivity contribution < 1.29 is 14.6 Å². The Morgan fingerprint density at radius 3 is 2.47 bits per heavy atom. The monoisotopic (exact) mass is 266 g/mol. The summed E-state index contributed by atoms with van der Waals surface area (Å²) in [5.41, 5.74) is 0.744. The first-order valence-corrected chi connectivity index (χ1v) is 6.33. The molecule has 106 valence electrons. The van der Waals surface area contributed by atoms with Gasteiger partial charge in [0.2, 0.25) is 0 Å². The number of nitrogens with one attached hydrogen (secondary N) is 2. The van der Waals surface area contributed by atoms with E-state index in [9.17, 15) is 9.90 Å². The first kappa shape index (κ1) is 15.3. The minimum atomic E-state index is -1.12. The molecule has 0 aromatic heterocycles. The predicted molar refractivity (Wildman–Crippen MR) is 75.4 cm³/mol. The number of methoxy groups -OCH3 is 1. The Morgan fingerprint density at radius 2 is 1.89 bits per heavy atom. The Labute approximate surface area is 114 Å². The third-order valence-electron chi connectivity index (χ3n) is 2.66. The van der Waals surface area contributed by atoms with Gasteiger partial charge in [-0.25, -0.2) is 0 Å². The van der Waals surface area contributed by atoms with Gasteiger partial charge in [-0.1, -0.05) is 12.1 Å². The summed E-state index contributed by atoms with van der Waals surface area (Å²) in [6.45, 7) is 5.45. The third kappa shape index (κ3) is 4.44. The maximum Gasteiger partial charge on any atom is 0.251 e. The summed E-state index contributed by atoms with van der Waals surface area (Å²) in [4.78, 5) is 11.7. The van der Waals surface area contributed by atoms with Gasteiger partial charge >= 0.3 is 0 Å². The molecular weight excluding hydrogens is 244 g/mol. The third-order valence-corrected chi connectivity index (χ3v) is 2.66. The molecule has 0 heterocycles. The molecule has 0 spiro atoms. The van der Waals surface area contributed by atoms with Crippen molar-refractivity contribution >= 4 is 11.6 Å². The molecule has 0 aliphatic rings. The summed E-state index contributed by atoms with van der Waals surface area (Å²) < 4.78 is 5.21. The quantitative estimate of drug-likeness (QED) is 0.727. The molecule has 19 heavy (non-hydrogen) atoms. The van der Waals surface area contributed by atoms with Crippen LogP contribution >= 0.6 is 0 Å². The van der Waals surface area contributed by atoms with Crippen LogP contribution in [0.5, 0.6) is 5.75 Å². The number of hydrogen-bond acceptors (Lipinski definition) is 4. The lowest BCUT2D eigenvalue weighted by Crippen LogP contribution is -2.46. The van der Waals surface area contributed by atoms with Crippen LogP contribution in [0.3, 0.4) is 0 Å². The largest absolute Gasteiger partial charge is 0.495 e. The van der Waals surface area contributed by atoms with Crippen LogP contribution in [0.15, 0.2) is 24.3 Å². The van der Waals surface area contributed by atoms with Crippen molar-refractivity contribution in [3.05, 3.63) is 24.3 Å². The standard InChI is InChI=1S/C14H22N2O3/c1-9(2)15-14(18)13(17)10(3)16-11-7-5-6-8-12(11)19-4/h5-10,13,16-17H,1-4H3,(H,15,18). The Bertz CT molecular complexity index is 421. The number of aliphatic hydroxyl groups is 1. The lowest BCUT2D eigenvalue weighted by Gasteiger charge is -2.22. The number of benzene rings is 1. The fraction of sp³-hybridized carbons (Fsp3) is 0.500. The normalized spacial score (nSPS) is 13.8. The number of carbonyl (C=O) groups is 1. The van der Waals surface area contributed by atoms with Crippen molar-refractivity contribution in [3.63, 3.8) is 0 Å². The van der Waals surface area contributed by atoms with E-state index in [0.29, 0.717) is 5.75 Å². The highest BCUT2D eigenvalue weighted by Gasteiger charge is 2.23. The van der Waals surface area contributed by atoms with Crippen LogP contribution in [0.2, 0.25) is 0 Å². The van der Waals surface area contributed by atoms with Gasteiger partial charge < -0.3 is 20.5 Å². The lowest BCUT2D eigenvalue weighted by atomic mass is 10.1. The van der Waals surface area contributed by atoms with Crippen LogP contribution in [-0.4, -0.2) is 36.3 Å². The van der Waals surface area contributed by atoms with E-state index in [0.717, 1.165) is 5.69 Å².